The van der Waals surface area contributed by atoms with Crippen LogP contribution in [0.1, 0.15) is 154 Å². The summed E-state index contributed by atoms with van der Waals surface area (Å²) in [6.45, 7) is 0. The fourth-order valence-corrected chi connectivity index (χ4v) is 8.37. The van der Waals surface area contributed by atoms with Crippen molar-refractivity contribution in [3.63, 3.8) is 0 Å². The molecule has 0 unspecified atom stereocenters. The molecule has 0 aromatic rings. The van der Waals surface area contributed by atoms with Crippen LogP contribution in [0.2, 0.25) is 0 Å². The van der Waals surface area contributed by atoms with Crippen LogP contribution in [0.25, 0.3) is 0 Å². The lowest BCUT2D eigenvalue weighted by atomic mass is 9.73. The normalized spacial score (nSPS) is 22.5. The third kappa shape index (κ3) is 7.17. The Morgan fingerprint density at radius 1 is 0.513 bits per heavy atom. The first-order valence-electron chi connectivity index (χ1n) is 16.5. The zero-order valence-electron chi connectivity index (χ0n) is 24.4. The minimum Gasteiger partial charge on any atom is -0.336 e. The van der Waals surface area contributed by atoms with E-state index in [1.807, 2.05) is 0 Å². The molecule has 0 aliphatic heterocycles. The summed E-state index contributed by atoms with van der Waals surface area (Å²) in [5.41, 5.74) is -1.30. The van der Waals surface area contributed by atoms with Gasteiger partial charge in [-0.25, -0.2) is 0 Å². The van der Waals surface area contributed by atoms with Crippen LogP contribution in [0.4, 0.5) is 0 Å². The third-order valence-electron chi connectivity index (χ3n) is 10.5. The molecule has 216 valence electrons. The summed E-state index contributed by atoms with van der Waals surface area (Å²) in [6, 6.07) is 5.30. The summed E-state index contributed by atoms with van der Waals surface area (Å²) in [7, 11) is 0. The van der Waals surface area contributed by atoms with E-state index in [0.29, 0.717) is 0 Å². The SMILES string of the molecule is N#CCCC(CCC#N)(C(=O)N(C1CCCCC1)C1CCCCC1)C(=O)N(C1CCCCC1)C1CCCCC1. The number of hydrogen-bond donors (Lipinski definition) is 0. The Bertz CT molecular complexity index is 757. The zero-order chi connectivity index (χ0) is 27.5. The predicted molar refractivity (Wildman–Crippen MR) is 153 cm³/mol. The predicted octanol–water partition coefficient (Wildman–Crippen LogP) is 7.57. The van der Waals surface area contributed by atoms with E-state index >= 15 is 9.59 Å². The molecule has 0 heterocycles. The van der Waals surface area contributed by atoms with Gasteiger partial charge in [0.05, 0.1) is 12.1 Å². The molecule has 6 heteroatoms. The highest BCUT2D eigenvalue weighted by Gasteiger charge is 2.53. The van der Waals surface area contributed by atoms with Crippen molar-refractivity contribution >= 4 is 11.8 Å². The van der Waals surface area contributed by atoms with Crippen LogP contribution >= 0.6 is 0 Å². The molecule has 4 aliphatic rings. The summed E-state index contributed by atoms with van der Waals surface area (Å²) in [5, 5.41) is 19.5. The second kappa shape index (κ2) is 15.1. The molecule has 0 saturated heterocycles. The number of amides is 2. The van der Waals surface area contributed by atoms with Crippen molar-refractivity contribution in [2.24, 2.45) is 5.41 Å². The van der Waals surface area contributed by atoms with Gasteiger partial charge in [0.2, 0.25) is 11.8 Å². The molecule has 2 amide bonds. The van der Waals surface area contributed by atoms with Gasteiger partial charge in [-0.2, -0.15) is 10.5 Å². The molecule has 0 spiro atoms. The Kier molecular flexibility index (Phi) is 11.5. The zero-order valence-corrected chi connectivity index (χ0v) is 24.4. The molecule has 4 rings (SSSR count). The Balaban J connectivity index is 1.76. The molecule has 0 N–H and O–H groups in total. The van der Waals surface area contributed by atoms with Gasteiger partial charge in [-0.15, -0.1) is 0 Å². The van der Waals surface area contributed by atoms with E-state index in [2.05, 4.69) is 21.9 Å². The smallest absolute Gasteiger partial charge is 0.238 e. The Morgan fingerprint density at radius 3 is 1.00 bits per heavy atom. The van der Waals surface area contributed by atoms with Crippen LogP contribution in [0.5, 0.6) is 0 Å². The average molecular weight is 537 g/mol. The molecular weight excluding hydrogens is 484 g/mol. The molecule has 0 radical (unpaired) electrons. The maximum absolute atomic E-state index is 15.1. The molecule has 39 heavy (non-hydrogen) atoms. The standard InChI is InChI=1S/C33H52N4O2/c34-25-13-23-33(24-14-26-35,31(38)36(27-15-5-1-6-16-27)28-17-7-2-8-18-28)32(39)37(29-19-9-3-10-20-29)30-21-11-4-12-22-30/h27-30H,1-24H2. The van der Waals surface area contributed by atoms with Crippen molar-refractivity contribution in [3.05, 3.63) is 0 Å². The number of hydrogen-bond acceptors (Lipinski definition) is 4. The van der Waals surface area contributed by atoms with E-state index in [-0.39, 0.29) is 61.7 Å². The van der Waals surface area contributed by atoms with Gasteiger partial charge in [0.1, 0.15) is 5.41 Å². The molecule has 0 aromatic heterocycles. The fraction of sp³-hybridized carbons (Fsp3) is 0.879. The molecule has 0 atom stereocenters. The molecule has 6 nitrogen and oxygen atoms in total. The molecule has 0 bridgehead atoms. The second-order valence-electron chi connectivity index (χ2n) is 13.0. The van der Waals surface area contributed by atoms with Gasteiger partial charge in [0.15, 0.2) is 0 Å². The summed E-state index contributed by atoms with van der Waals surface area (Å²) >= 11 is 0. The lowest BCUT2D eigenvalue weighted by molar-refractivity contribution is -0.166. The van der Waals surface area contributed by atoms with Crippen molar-refractivity contribution in [1.82, 2.24) is 9.80 Å². The average Bonchev–Trinajstić information content (AvgIpc) is 3.00. The van der Waals surface area contributed by atoms with E-state index in [1.54, 1.807) is 0 Å². The van der Waals surface area contributed by atoms with E-state index in [0.717, 1.165) is 103 Å². The van der Waals surface area contributed by atoms with Gasteiger partial charge in [0.25, 0.3) is 0 Å². The van der Waals surface area contributed by atoms with Crippen molar-refractivity contribution in [2.45, 2.75) is 178 Å². The van der Waals surface area contributed by atoms with Crippen molar-refractivity contribution < 1.29 is 9.59 Å². The van der Waals surface area contributed by atoms with Crippen LogP contribution < -0.4 is 0 Å². The first kappa shape index (κ1) is 29.9. The lowest BCUT2D eigenvalue weighted by Crippen LogP contribution is -2.62. The maximum atomic E-state index is 15.1. The minimum atomic E-state index is -1.30. The van der Waals surface area contributed by atoms with E-state index in [1.165, 1.54) is 25.7 Å². The summed E-state index contributed by atoms with van der Waals surface area (Å²) in [4.78, 5) is 34.7. The van der Waals surface area contributed by atoms with Gasteiger partial charge in [0, 0.05) is 37.0 Å². The summed E-state index contributed by atoms with van der Waals surface area (Å²) in [6.07, 6.45) is 22.9. The number of nitrogens with zero attached hydrogens (tertiary/aromatic N) is 4. The van der Waals surface area contributed by atoms with Crippen LogP contribution in [0.15, 0.2) is 0 Å². The van der Waals surface area contributed by atoms with Gasteiger partial charge >= 0.3 is 0 Å². The maximum Gasteiger partial charge on any atom is 0.238 e. The van der Waals surface area contributed by atoms with Crippen LogP contribution in [0.3, 0.4) is 0 Å². The highest BCUT2D eigenvalue weighted by Crippen LogP contribution is 2.43. The van der Waals surface area contributed by atoms with E-state index < -0.39 is 5.41 Å². The number of rotatable bonds is 10. The first-order chi connectivity index (χ1) is 19.1. The van der Waals surface area contributed by atoms with Gasteiger partial charge in [-0.3, -0.25) is 9.59 Å². The monoisotopic (exact) mass is 536 g/mol. The number of carbonyl (C=O) groups is 2. The lowest BCUT2D eigenvalue weighted by Gasteiger charge is -2.50. The van der Waals surface area contributed by atoms with Crippen molar-refractivity contribution in [2.75, 3.05) is 0 Å². The minimum absolute atomic E-state index is 0.0339. The molecule has 4 saturated carbocycles. The number of nitriles is 2. The first-order valence-corrected chi connectivity index (χ1v) is 16.5. The largest absolute Gasteiger partial charge is 0.336 e. The quantitative estimate of drug-likeness (QED) is 0.269. The summed E-state index contributed by atoms with van der Waals surface area (Å²) < 4.78 is 0. The van der Waals surface area contributed by atoms with Crippen LogP contribution in [-0.4, -0.2) is 45.8 Å². The molecular formula is C33H52N4O2. The Labute approximate surface area is 237 Å². The highest BCUT2D eigenvalue weighted by molar-refractivity contribution is 6.05. The van der Waals surface area contributed by atoms with Crippen LogP contribution in [-0.2, 0) is 9.59 Å². The van der Waals surface area contributed by atoms with Crippen molar-refractivity contribution in [1.29, 1.82) is 10.5 Å². The van der Waals surface area contributed by atoms with Gasteiger partial charge in [-0.05, 0) is 64.2 Å². The van der Waals surface area contributed by atoms with E-state index in [9.17, 15) is 10.5 Å². The molecule has 4 aliphatic carbocycles. The Hall–Kier alpha value is -2.08. The van der Waals surface area contributed by atoms with Gasteiger partial charge < -0.3 is 9.80 Å². The molecule has 4 fully saturated rings. The fourth-order valence-electron chi connectivity index (χ4n) is 8.37. The van der Waals surface area contributed by atoms with Gasteiger partial charge in [-0.1, -0.05) is 77.0 Å². The molecule has 0 aromatic carbocycles. The third-order valence-corrected chi connectivity index (χ3v) is 10.5. The second-order valence-corrected chi connectivity index (χ2v) is 13.0. The highest BCUT2D eigenvalue weighted by atomic mass is 16.2. The Morgan fingerprint density at radius 2 is 0.769 bits per heavy atom. The van der Waals surface area contributed by atoms with Crippen molar-refractivity contribution in [3.8, 4) is 12.1 Å². The summed E-state index contributed by atoms with van der Waals surface area (Å²) in [5.74, 6) is -0.0677. The van der Waals surface area contributed by atoms with Crippen LogP contribution in [0, 0.1) is 28.1 Å². The van der Waals surface area contributed by atoms with E-state index in [4.69, 9.17) is 0 Å². The number of carbonyl (C=O) groups excluding carboxylic acids is 2. The topological polar surface area (TPSA) is 88.2 Å².